The van der Waals surface area contributed by atoms with E-state index >= 15 is 0 Å². The normalized spacial score (nSPS) is 12.1. The van der Waals surface area contributed by atoms with Crippen LogP contribution in [0, 0.1) is 11.6 Å². The molecular formula is C34H36F2N6O3. The smallest absolute Gasteiger partial charge is 0.259 e. The van der Waals surface area contributed by atoms with E-state index in [-0.39, 0.29) is 17.5 Å². The Labute approximate surface area is 260 Å². The van der Waals surface area contributed by atoms with Gasteiger partial charge in [-0.15, -0.1) is 0 Å². The minimum atomic E-state index is -0.858. The Balaban J connectivity index is 0.00000111. The molecule has 1 aliphatic rings. The first kappa shape index (κ1) is 32.7. The van der Waals surface area contributed by atoms with E-state index in [9.17, 15) is 13.6 Å². The summed E-state index contributed by atoms with van der Waals surface area (Å²) in [6.07, 6.45) is 7.83. The summed E-state index contributed by atoms with van der Waals surface area (Å²) in [7, 11) is 1.50. The number of H-pyrrole nitrogens is 1. The minimum Gasteiger partial charge on any atom is -0.491 e. The number of hydrogen-bond donors (Lipinski definition) is 4. The summed E-state index contributed by atoms with van der Waals surface area (Å²) >= 11 is 0. The maximum absolute atomic E-state index is 14.1. The third-order valence-electron chi connectivity index (χ3n) is 6.96. The van der Waals surface area contributed by atoms with Crippen LogP contribution in [0.15, 0.2) is 73.2 Å². The number of nitrogens with one attached hydrogen (secondary N) is 3. The van der Waals surface area contributed by atoms with Crippen LogP contribution in [0.4, 0.5) is 20.3 Å². The Bertz CT molecular complexity index is 1750. The highest BCUT2D eigenvalue weighted by molar-refractivity contribution is 6.07. The van der Waals surface area contributed by atoms with E-state index in [0.717, 1.165) is 39.9 Å². The van der Waals surface area contributed by atoms with Crippen molar-refractivity contribution in [2.45, 2.75) is 45.3 Å². The summed E-state index contributed by atoms with van der Waals surface area (Å²) in [5, 5.41) is 6.59. The van der Waals surface area contributed by atoms with Gasteiger partial charge in [-0.1, -0.05) is 6.07 Å². The Morgan fingerprint density at radius 1 is 1.07 bits per heavy atom. The monoisotopic (exact) mass is 614 g/mol. The Morgan fingerprint density at radius 3 is 2.49 bits per heavy atom. The van der Waals surface area contributed by atoms with E-state index in [2.05, 4.69) is 43.5 Å². The second-order valence-electron chi connectivity index (χ2n) is 10.5. The van der Waals surface area contributed by atoms with Gasteiger partial charge in [-0.05, 0) is 105 Å². The largest absolute Gasteiger partial charge is 0.491 e. The summed E-state index contributed by atoms with van der Waals surface area (Å²) in [6, 6.07) is 14.8. The number of nitrogens with zero attached hydrogens (tertiary/aromatic N) is 2. The second-order valence-corrected chi connectivity index (χ2v) is 10.5. The van der Waals surface area contributed by atoms with Crippen molar-refractivity contribution in [3.05, 3.63) is 102 Å². The number of halogens is 2. The summed E-state index contributed by atoms with van der Waals surface area (Å²) in [5.41, 5.74) is 9.12. The number of anilines is 2. The molecule has 6 rings (SSSR count). The van der Waals surface area contributed by atoms with Gasteiger partial charge in [0.15, 0.2) is 0 Å². The molecule has 1 amide bonds. The molecule has 0 aliphatic heterocycles. The van der Waals surface area contributed by atoms with Crippen molar-refractivity contribution in [2.75, 3.05) is 17.7 Å². The van der Waals surface area contributed by atoms with E-state index in [1.165, 1.54) is 31.5 Å². The first-order valence-electron chi connectivity index (χ1n) is 14.4. The van der Waals surface area contributed by atoms with Gasteiger partial charge in [0.05, 0.1) is 11.7 Å². The number of carbonyl (C=O) groups is 2. The van der Waals surface area contributed by atoms with E-state index < -0.39 is 23.2 Å². The molecule has 3 heterocycles. The summed E-state index contributed by atoms with van der Waals surface area (Å²) in [6.45, 7) is 6.26. The Hall–Kier alpha value is -5.16. The van der Waals surface area contributed by atoms with Gasteiger partial charge in [-0.2, -0.15) is 0 Å². The van der Waals surface area contributed by atoms with Crippen molar-refractivity contribution in [1.29, 1.82) is 0 Å². The average molecular weight is 615 g/mol. The third-order valence-corrected chi connectivity index (χ3v) is 6.96. The molecule has 5 N–H and O–H groups in total. The predicted octanol–water partition coefficient (Wildman–Crippen LogP) is 6.82. The minimum absolute atomic E-state index is 0.0259. The summed E-state index contributed by atoms with van der Waals surface area (Å²) in [5.74, 6) is -0.816. The van der Waals surface area contributed by atoms with Crippen LogP contribution in [0.2, 0.25) is 0 Å². The fourth-order valence-corrected chi connectivity index (χ4v) is 4.87. The molecule has 2 aromatic carbocycles. The van der Waals surface area contributed by atoms with Gasteiger partial charge in [0.1, 0.15) is 41.3 Å². The number of aromatic amines is 1. The molecule has 11 heteroatoms. The van der Waals surface area contributed by atoms with Crippen LogP contribution >= 0.6 is 0 Å². The molecule has 5 aromatic rings. The maximum atomic E-state index is 14.1. The predicted molar refractivity (Wildman–Crippen MR) is 172 cm³/mol. The van der Waals surface area contributed by atoms with Crippen molar-refractivity contribution in [3.8, 4) is 16.9 Å². The number of hydrogen-bond acceptors (Lipinski definition) is 7. The number of benzene rings is 2. The van der Waals surface area contributed by atoms with E-state index in [1.54, 1.807) is 18.3 Å². The first-order chi connectivity index (χ1) is 21.9. The van der Waals surface area contributed by atoms with Gasteiger partial charge >= 0.3 is 0 Å². The molecule has 0 saturated heterocycles. The second kappa shape index (κ2) is 15.0. The Kier molecular flexibility index (Phi) is 10.9. The summed E-state index contributed by atoms with van der Waals surface area (Å²) in [4.78, 5) is 33.2. The van der Waals surface area contributed by atoms with Crippen LogP contribution in [0.1, 0.15) is 54.1 Å². The number of nitrogens with two attached hydrogens (primary N) is 1. The van der Waals surface area contributed by atoms with E-state index in [1.807, 2.05) is 45.2 Å². The molecule has 234 valence electrons. The van der Waals surface area contributed by atoms with Crippen molar-refractivity contribution < 1.29 is 23.1 Å². The van der Waals surface area contributed by atoms with Gasteiger partial charge < -0.3 is 30.9 Å². The molecule has 0 atom stereocenters. The lowest BCUT2D eigenvalue weighted by Gasteiger charge is -2.15. The molecule has 0 unspecified atom stereocenters. The Morgan fingerprint density at radius 2 is 1.80 bits per heavy atom. The van der Waals surface area contributed by atoms with Crippen LogP contribution in [-0.4, -0.2) is 40.8 Å². The zero-order valence-corrected chi connectivity index (χ0v) is 25.4. The maximum Gasteiger partial charge on any atom is 0.259 e. The number of amides is 1. The van der Waals surface area contributed by atoms with Gasteiger partial charge in [-0.25, -0.2) is 18.7 Å². The van der Waals surface area contributed by atoms with Crippen LogP contribution < -0.4 is 21.1 Å². The molecule has 3 aromatic heterocycles. The van der Waals surface area contributed by atoms with Crippen LogP contribution in [0.5, 0.6) is 5.75 Å². The number of fused-ring (bicyclic) bond motifs is 1. The van der Waals surface area contributed by atoms with Crippen LogP contribution in [-0.2, 0) is 11.3 Å². The molecule has 1 fully saturated rings. The lowest BCUT2D eigenvalue weighted by molar-refractivity contribution is -0.0980. The van der Waals surface area contributed by atoms with Crippen LogP contribution in [0.25, 0.3) is 22.2 Å². The average Bonchev–Trinajstić information content (AvgIpc) is 3.82. The molecule has 1 saturated carbocycles. The van der Waals surface area contributed by atoms with Crippen molar-refractivity contribution in [1.82, 2.24) is 15.0 Å². The standard InChI is InChI=1S/C32H29F2N5O2.CH5N.CH2O/c1-18(2)41-23-12-19(11-21(13-23)26-17-38-31-25(26)14-22(16-37-31)20-8-9-20)15-36-30-24(5-4-10-35-30)32(40)39-29-27(33)6-3-7-28(29)34;2*1-2/h3-7,10-14,16-18,20H,8-9,15H2,1-2H3,(H,35,36)(H,37,38)(H,39,40);2H2,1H3;1H2. The van der Waals surface area contributed by atoms with Crippen molar-refractivity contribution in [3.63, 3.8) is 0 Å². The fraction of sp³-hybridized carbons (Fsp3) is 0.235. The quantitative estimate of drug-likeness (QED) is 0.143. The molecule has 0 bridgehead atoms. The zero-order valence-electron chi connectivity index (χ0n) is 25.4. The van der Waals surface area contributed by atoms with E-state index in [4.69, 9.17) is 9.53 Å². The lowest BCUT2D eigenvalue weighted by atomic mass is 10.0. The van der Waals surface area contributed by atoms with Crippen LogP contribution in [0.3, 0.4) is 0 Å². The topological polar surface area (TPSA) is 135 Å². The number of aromatic nitrogens is 3. The molecule has 9 nitrogen and oxygen atoms in total. The van der Waals surface area contributed by atoms with Gasteiger partial charge in [0.2, 0.25) is 0 Å². The number of ether oxygens (including phenoxy) is 1. The number of pyridine rings is 2. The van der Waals surface area contributed by atoms with Gasteiger partial charge in [0.25, 0.3) is 5.91 Å². The van der Waals surface area contributed by atoms with Gasteiger partial charge in [0, 0.05) is 36.1 Å². The number of carbonyl (C=O) groups excluding carboxylic acids is 2. The third kappa shape index (κ3) is 7.87. The number of rotatable bonds is 9. The van der Waals surface area contributed by atoms with Gasteiger partial charge in [-0.3, -0.25) is 4.79 Å². The molecule has 45 heavy (non-hydrogen) atoms. The van der Waals surface area contributed by atoms with E-state index in [0.29, 0.717) is 18.2 Å². The molecular weight excluding hydrogens is 578 g/mol. The van der Waals surface area contributed by atoms with Crippen molar-refractivity contribution in [2.24, 2.45) is 5.73 Å². The number of para-hydroxylation sites is 1. The fourth-order valence-electron chi connectivity index (χ4n) is 4.87. The molecule has 0 spiro atoms. The highest BCUT2D eigenvalue weighted by atomic mass is 19.1. The lowest BCUT2D eigenvalue weighted by Crippen LogP contribution is -2.17. The molecule has 0 radical (unpaired) electrons. The zero-order chi connectivity index (χ0) is 32.5. The van der Waals surface area contributed by atoms with Crippen molar-refractivity contribution >= 4 is 35.2 Å². The first-order valence-corrected chi connectivity index (χ1v) is 14.4. The summed E-state index contributed by atoms with van der Waals surface area (Å²) < 4.78 is 34.3. The highest BCUT2D eigenvalue weighted by Crippen LogP contribution is 2.41. The highest BCUT2D eigenvalue weighted by Gasteiger charge is 2.25. The molecule has 1 aliphatic carbocycles. The SMILES string of the molecule is C=O.CC(C)Oc1cc(CNc2ncccc2C(=O)Nc2c(F)cccc2F)cc(-c2c[nH]c3ncc(C4CC4)cc23)c1.CN.